The molecule has 1 atom stereocenters. The molecule has 6 heteroatoms. The lowest BCUT2D eigenvalue weighted by molar-refractivity contribution is -0.123. The van der Waals surface area contributed by atoms with Gasteiger partial charge in [0, 0.05) is 45.0 Å². The topological polar surface area (TPSA) is 44.8 Å². The average molecular weight is 309 g/mol. The first-order valence-electron chi connectivity index (χ1n) is 7.59. The molecule has 0 spiro atoms. The van der Waals surface area contributed by atoms with Gasteiger partial charge in [-0.2, -0.15) is 0 Å². The van der Waals surface area contributed by atoms with Gasteiger partial charge < -0.3 is 15.0 Å². The lowest BCUT2D eigenvalue weighted by Gasteiger charge is -2.35. The Morgan fingerprint density at radius 3 is 2.50 bits per heavy atom. The number of nitrogens with one attached hydrogen (secondary N) is 1. The molecule has 0 aromatic heterocycles. The third-order valence-electron chi connectivity index (χ3n) is 3.76. The molecule has 1 aliphatic rings. The van der Waals surface area contributed by atoms with Crippen LogP contribution in [0.3, 0.4) is 0 Å². The van der Waals surface area contributed by atoms with E-state index in [0.717, 1.165) is 31.9 Å². The van der Waals surface area contributed by atoms with Gasteiger partial charge in [0.1, 0.15) is 5.82 Å². The van der Waals surface area contributed by atoms with Gasteiger partial charge in [-0.15, -0.1) is 0 Å². The molecule has 1 aliphatic heterocycles. The Morgan fingerprint density at radius 2 is 1.91 bits per heavy atom. The summed E-state index contributed by atoms with van der Waals surface area (Å²) in [6.45, 7) is 6.18. The molecule has 1 unspecified atom stereocenters. The van der Waals surface area contributed by atoms with Crippen molar-refractivity contribution in [2.45, 2.75) is 13.0 Å². The molecule has 5 nitrogen and oxygen atoms in total. The smallest absolute Gasteiger partial charge is 0.234 e. The summed E-state index contributed by atoms with van der Waals surface area (Å²) in [6, 6.07) is 6.57. The minimum absolute atomic E-state index is 0.0259. The number of ether oxygens (including phenoxy) is 1. The fourth-order valence-corrected chi connectivity index (χ4v) is 2.63. The van der Waals surface area contributed by atoms with Crippen LogP contribution >= 0.6 is 0 Å². The summed E-state index contributed by atoms with van der Waals surface area (Å²) in [5.41, 5.74) is 1.03. The Balaban J connectivity index is 1.75. The molecule has 1 amide bonds. The van der Waals surface area contributed by atoms with Crippen molar-refractivity contribution in [2.75, 3.05) is 51.3 Å². The van der Waals surface area contributed by atoms with Crippen LogP contribution in [0.15, 0.2) is 24.3 Å². The lowest BCUT2D eigenvalue weighted by Crippen LogP contribution is -2.50. The SMILES string of the molecule is COCC(C)NC(=O)CN1CCN(c2ccc(F)cc2)CC1. The van der Waals surface area contributed by atoms with Crippen LogP contribution in [0.1, 0.15) is 6.92 Å². The normalized spacial score (nSPS) is 17.3. The Labute approximate surface area is 131 Å². The summed E-state index contributed by atoms with van der Waals surface area (Å²) in [5.74, 6) is -0.191. The second-order valence-corrected chi connectivity index (χ2v) is 5.66. The maximum Gasteiger partial charge on any atom is 0.234 e. The van der Waals surface area contributed by atoms with Gasteiger partial charge in [0.25, 0.3) is 0 Å². The van der Waals surface area contributed by atoms with Crippen LogP contribution in [0, 0.1) is 5.82 Å². The van der Waals surface area contributed by atoms with Crippen molar-refractivity contribution in [3.8, 4) is 0 Å². The van der Waals surface area contributed by atoms with Gasteiger partial charge in [0.05, 0.1) is 13.2 Å². The molecule has 0 aliphatic carbocycles. The minimum Gasteiger partial charge on any atom is -0.383 e. The number of piperazine rings is 1. The fraction of sp³-hybridized carbons (Fsp3) is 0.562. The third kappa shape index (κ3) is 4.96. The van der Waals surface area contributed by atoms with Crippen LogP contribution in [0.25, 0.3) is 0 Å². The molecule has 0 radical (unpaired) electrons. The van der Waals surface area contributed by atoms with E-state index in [1.165, 1.54) is 12.1 Å². The summed E-state index contributed by atoms with van der Waals surface area (Å²) in [6.07, 6.45) is 0. The van der Waals surface area contributed by atoms with Gasteiger partial charge in [0.2, 0.25) is 5.91 Å². The number of halogens is 1. The van der Waals surface area contributed by atoms with Crippen LogP contribution < -0.4 is 10.2 Å². The van der Waals surface area contributed by atoms with Gasteiger partial charge in [0.15, 0.2) is 0 Å². The molecule has 2 rings (SSSR count). The van der Waals surface area contributed by atoms with Crippen molar-refractivity contribution in [1.82, 2.24) is 10.2 Å². The van der Waals surface area contributed by atoms with Crippen molar-refractivity contribution in [3.63, 3.8) is 0 Å². The molecular formula is C16H24FN3O2. The zero-order chi connectivity index (χ0) is 15.9. The summed E-state index contributed by atoms with van der Waals surface area (Å²) < 4.78 is 17.9. The molecule has 1 saturated heterocycles. The summed E-state index contributed by atoms with van der Waals surface area (Å²) in [7, 11) is 1.62. The number of amides is 1. The molecule has 1 aromatic carbocycles. The highest BCUT2D eigenvalue weighted by Crippen LogP contribution is 2.16. The predicted octanol–water partition coefficient (Wildman–Crippen LogP) is 1.10. The number of anilines is 1. The van der Waals surface area contributed by atoms with Gasteiger partial charge in [-0.1, -0.05) is 0 Å². The Bertz CT molecular complexity index is 473. The van der Waals surface area contributed by atoms with E-state index in [1.807, 2.05) is 6.92 Å². The number of methoxy groups -OCH3 is 1. The predicted molar refractivity (Wildman–Crippen MR) is 84.5 cm³/mol. The molecule has 0 bridgehead atoms. The van der Waals surface area contributed by atoms with Crippen LogP contribution in [0.5, 0.6) is 0 Å². The first-order valence-corrected chi connectivity index (χ1v) is 7.59. The minimum atomic E-state index is -0.218. The number of hydrogen-bond donors (Lipinski definition) is 1. The second-order valence-electron chi connectivity index (χ2n) is 5.66. The number of hydrogen-bond acceptors (Lipinski definition) is 4. The third-order valence-corrected chi connectivity index (χ3v) is 3.76. The van der Waals surface area contributed by atoms with Crippen molar-refractivity contribution >= 4 is 11.6 Å². The van der Waals surface area contributed by atoms with Gasteiger partial charge in [-0.05, 0) is 31.2 Å². The molecule has 22 heavy (non-hydrogen) atoms. The van der Waals surface area contributed by atoms with Crippen LogP contribution in [0.2, 0.25) is 0 Å². The summed E-state index contributed by atoms with van der Waals surface area (Å²) >= 11 is 0. The second kappa shape index (κ2) is 8.10. The maximum atomic E-state index is 12.9. The lowest BCUT2D eigenvalue weighted by atomic mass is 10.2. The highest BCUT2D eigenvalue weighted by molar-refractivity contribution is 5.78. The summed E-state index contributed by atoms with van der Waals surface area (Å²) in [4.78, 5) is 16.3. The Morgan fingerprint density at radius 1 is 1.27 bits per heavy atom. The summed E-state index contributed by atoms with van der Waals surface area (Å²) in [5, 5.41) is 2.92. The monoisotopic (exact) mass is 309 g/mol. The van der Waals surface area contributed by atoms with Crippen molar-refractivity contribution in [1.29, 1.82) is 0 Å². The molecule has 122 valence electrons. The van der Waals surface area contributed by atoms with Gasteiger partial charge in [-0.25, -0.2) is 4.39 Å². The standard InChI is InChI=1S/C16H24FN3O2/c1-13(12-22-2)18-16(21)11-19-7-9-20(10-8-19)15-5-3-14(17)4-6-15/h3-6,13H,7-12H2,1-2H3,(H,18,21). The first kappa shape index (κ1) is 16.7. The first-order chi connectivity index (χ1) is 10.6. The number of rotatable bonds is 6. The number of benzene rings is 1. The fourth-order valence-electron chi connectivity index (χ4n) is 2.63. The van der Waals surface area contributed by atoms with E-state index in [1.54, 1.807) is 19.2 Å². The van der Waals surface area contributed by atoms with Crippen molar-refractivity contribution in [2.24, 2.45) is 0 Å². The molecule has 1 fully saturated rings. The largest absolute Gasteiger partial charge is 0.383 e. The van der Waals surface area contributed by atoms with E-state index in [-0.39, 0.29) is 17.8 Å². The quantitative estimate of drug-likeness (QED) is 0.855. The Hall–Kier alpha value is -1.66. The van der Waals surface area contributed by atoms with Gasteiger partial charge in [-0.3, -0.25) is 9.69 Å². The highest BCUT2D eigenvalue weighted by atomic mass is 19.1. The van der Waals surface area contributed by atoms with Crippen LogP contribution in [0.4, 0.5) is 10.1 Å². The molecule has 1 heterocycles. The van der Waals surface area contributed by atoms with Crippen LogP contribution in [-0.4, -0.2) is 63.3 Å². The maximum absolute atomic E-state index is 12.9. The number of carbonyl (C=O) groups is 1. The van der Waals surface area contributed by atoms with E-state index in [9.17, 15) is 9.18 Å². The molecule has 0 saturated carbocycles. The van der Waals surface area contributed by atoms with Gasteiger partial charge >= 0.3 is 0 Å². The molecule has 1 N–H and O–H groups in total. The zero-order valence-corrected chi connectivity index (χ0v) is 13.2. The number of nitrogens with zero attached hydrogens (tertiary/aromatic N) is 2. The molecule has 1 aromatic rings. The van der Waals surface area contributed by atoms with E-state index in [4.69, 9.17) is 4.74 Å². The van der Waals surface area contributed by atoms with E-state index in [2.05, 4.69) is 15.1 Å². The van der Waals surface area contributed by atoms with Crippen molar-refractivity contribution < 1.29 is 13.9 Å². The van der Waals surface area contributed by atoms with E-state index < -0.39 is 0 Å². The van der Waals surface area contributed by atoms with E-state index in [0.29, 0.717) is 13.2 Å². The van der Waals surface area contributed by atoms with Crippen molar-refractivity contribution in [3.05, 3.63) is 30.1 Å². The highest BCUT2D eigenvalue weighted by Gasteiger charge is 2.19. The van der Waals surface area contributed by atoms with E-state index >= 15 is 0 Å². The van der Waals surface area contributed by atoms with Crippen LogP contribution in [-0.2, 0) is 9.53 Å². The molecular weight excluding hydrogens is 285 g/mol. The Kier molecular flexibility index (Phi) is 6.15. The number of carbonyl (C=O) groups excluding carboxylic acids is 1. The zero-order valence-electron chi connectivity index (χ0n) is 13.2. The average Bonchev–Trinajstić information content (AvgIpc) is 2.49.